The summed E-state index contributed by atoms with van der Waals surface area (Å²) >= 11 is 0. The monoisotopic (exact) mass is 508 g/mol. The summed E-state index contributed by atoms with van der Waals surface area (Å²) in [5.74, 6) is 0. The first-order valence-corrected chi connectivity index (χ1v) is 13.8. The van der Waals surface area contributed by atoms with Crippen LogP contribution in [0.1, 0.15) is 50.8 Å². The Labute approximate surface area is 212 Å². The normalized spacial score (nSPS) is 19.6. The minimum atomic E-state index is -3.40. The number of pyridine rings is 1. The second-order valence-electron chi connectivity index (χ2n) is 10.1. The van der Waals surface area contributed by atoms with Gasteiger partial charge in [-0.15, -0.1) is 0 Å². The lowest BCUT2D eigenvalue weighted by Crippen LogP contribution is -2.51. The fraction of sp³-hybridized carbons (Fsp3) is 0.357. The summed E-state index contributed by atoms with van der Waals surface area (Å²) in [5.41, 5.74) is 1.24. The molecule has 0 saturated carbocycles. The van der Waals surface area contributed by atoms with Crippen LogP contribution in [0.3, 0.4) is 0 Å². The third-order valence-electron chi connectivity index (χ3n) is 6.55. The molecule has 1 N–H and O–H groups in total. The molecule has 0 bridgehead atoms. The Morgan fingerprint density at radius 2 is 1.72 bits per heavy atom. The van der Waals surface area contributed by atoms with Crippen molar-refractivity contribution in [2.75, 3.05) is 12.8 Å². The van der Waals surface area contributed by atoms with E-state index >= 15 is 0 Å². The van der Waals surface area contributed by atoms with Gasteiger partial charge in [-0.25, -0.2) is 18.2 Å². The van der Waals surface area contributed by atoms with E-state index in [1.165, 1.54) is 6.07 Å². The van der Waals surface area contributed by atoms with Crippen molar-refractivity contribution in [2.45, 2.75) is 55.9 Å². The number of nitrogens with zero attached hydrogens (tertiary/aromatic N) is 2. The van der Waals surface area contributed by atoms with E-state index in [-0.39, 0.29) is 11.1 Å². The van der Waals surface area contributed by atoms with E-state index in [2.05, 4.69) is 4.98 Å². The molecule has 1 amide bonds. The Bertz CT molecular complexity index is 1330. The number of ether oxygens (including phenoxy) is 1. The third-order valence-corrected chi connectivity index (χ3v) is 7.54. The van der Waals surface area contributed by atoms with Crippen molar-refractivity contribution in [1.29, 1.82) is 0 Å². The maximum atomic E-state index is 13.3. The summed E-state index contributed by atoms with van der Waals surface area (Å²) in [6, 6.07) is 21.9. The van der Waals surface area contributed by atoms with Crippen LogP contribution in [-0.2, 0) is 20.2 Å². The van der Waals surface area contributed by atoms with Gasteiger partial charge >= 0.3 is 6.09 Å². The van der Waals surface area contributed by atoms with Gasteiger partial charge in [-0.2, -0.15) is 0 Å². The van der Waals surface area contributed by atoms with Crippen molar-refractivity contribution < 1.29 is 23.1 Å². The van der Waals surface area contributed by atoms with Gasteiger partial charge in [0.25, 0.3) is 0 Å². The molecule has 1 saturated heterocycles. The zero-order valence-electron chi connectivity index (χ0n) is 21.0. The number of amides is 1. The number of benzene rings is 2. The van der Waals surface area contributed by atoms with Crippen LogP contribution < -0.4 is 0 Å². The van der Waals surface area contributed by atoms with Crippen molar-refractivity contribution in [2.24, 2.45) is 0 Å². The Balaban J connectivity index is 1.54. The molecule has 1 unspecified atom stereocenters. The van der Waals surface area contributed by atoms with Crippen LogP contribution in [0.25, 0.3) is 11.3 Å². The second kappa shape index (κ2) is 9.67. The molecular weight excluding hydrogens is 476 g/mol. The van der Waals surface area contributed by atoms with Crippen molar-refractivity contribution in [3.63, 3.8) is 0 Å². The molecule has 2 heterocycles. The predicted molar refractivity (Wildman–Crippen MR) is 138 cm³/mol. The fourth-order valence-electron chi connectivity index (χ4n) is 4.79. The van der Waals surface area contributed by atoms with Crippen LogP contribution in [0.4, 0.5) is 4.79 Å². The number of hydrogen-bond acceptors (Lipinski definition) is 6. The van der Waals surface area contributed by atoms with Crippen LogP contribution in [0, 0.1) is 0 Å². The number of rotatable bonds is 7. The Morgan fingerprint density at radius 3 is 2.31 bits per heavy atom. The summed E-state index contributed by atoms with van der Waals surface area (Å²) in [5, 5.41) is 10.6. The molecule has 36 heavy (non-hydrogen) atoms. The van der Waals surface area contributed by atoms with Gasteiger partial charge in [0.2, 0.25) is 0 Å². The maximum absolute atomic E-state index is 13.3. The van der Waals surface area contributed by atoms with Gasteiger partial charge in [0.15, 0.2) is 14.9 Å². The number of aromatic nitrogens is 1. The van der Waals surface area contributed by atoms with Crippen LogP contribution in [0.15, 0.2) is 77.8 Å². The van der Waals surface area contributed by atoms with Gasteiger partial charge in [0.1, 0.15) is 5.60 Å². The van der Waals surface area contributed by atoms with Gasteiger partial charge in [0.05, 0.1) is 17.3 Å². The van der Waals surface area contributed by atoms with Gasteiger partial charge in [-0.05, 0) is 44.0 Å². The van der Waals surface area contributed by atoms with E-state index in [0.29, 0.717) is 25.1 Å². The van der Waals surface area contributed by atoms with Crippen LogP contribution in [-0.4, -0.2) is 47.9 Å². The van der Waals surface area contributed by atoms with E-state index in [9.17, 15) is 18.3 Å². The second-order valence-corrected chi connectivity index (χ2v) is 12.1. The summed E-state index contributed by atoms with van der Waals surface area (Å²) in [6.45, 7) is 5.88. The fourth-order valence-corrected chi connectivity index (χ4v) is 5.38. The molecule has 0 radical (unpaired) electrons. The average Bonchev–Trinajstić information content (AvgIpc) is 2.83. The van der Waals surface area contributed by atoms with Gasteiger partial charge in [-0.1, -0.05) is 60.7 Å². The molecule has 1 aromatic heterocycles. The molecule has 2 aromatic carbocycles. The summed E-state index contributed by atoms with van der Waals surface area (Å²) in [4.78, 5) is 19.2. The lowest BCUT2D eigenvalue weighted by atomic mass is 9.80. The van der Waals surface area contributed by atoms with Gasteiger partial charge in [-0.3, -0.25) is 0 Å². The van der Waals surface area contributed by atoms with E-state index in [1.54, 1.807) is 30.9 Å². The van der Waals surface area contributed by atoms with Crippen LogP contribution >= 0.6 is 0 Å². The quantitative estimate of drug-likeness (QED) is 0.476. The Kier molecular flexibility index (Phi) is 6.94. The van der Waals surface area contributed by atoms with Crippen molar-refractivity contribution in [3.8, 4) is 11.3 Å². The summed E-state index contributed by atoms with van der Waals surface area (Å²) < 4.78 is 29.8. The molecule has 2 atom stereocenters. The third kappa shape index (κ3) is 5.60. The van der Waals surface area contributed by atoms with Crippen LogP contribution in [0.2, 0.25) is 0 Å². The van der Waals surface area contributed by atoms with Gasteiger partial charge in [0, 0.05) is 31.2 Å². The number of cyclic esters (lactones) is 1. The first-order chi connectivity index (χ1) is 16.9. The van der Waals surface area contributed by atoms with E-state index < -0.39 is 27.1 Å². The highest BCUT2D eigenvalue weighted by atomic mass is 32.2. The van der Waals surface area contributed by atoms with E-state index in [0.717, 1.165) is 22.9 Å². The summed E-state index contributed by atoms with van der Waals surface area (Å²) in [6.07, 6.45) is 1.56. The minimum Gasteiger partial charge on any atom is -0.438 e. The molecule has 8 heteroatoms. The highest BCUT2D eigenvalue weighted by Crippen LogP contribution is 2.42. The Hall–Kier alpha value is -3.23. The number of aliphatic hydroxyl groups is 1. The number of sulfone groups is 1. The molecule has 1 fully saturated rings. The average molecular weight is 509 g/mol. The molecule has 0 aliphatic carbocycles. The van der Waals surface area contributed by atoms with Crippen molar-refractivity contribution in [3.05, 3.63) is 83.9 Å². The van der Waals surface area contributed by atoms with Crippen molar-refractivity contribution in [1.82, 2.24) is 9.88 Å². The molecule has 1 aliphatic rings. The lowest BCUT2D eigenvalue weighted by molar-refractivity contribution is -0.101. The predicted octanol–water partition coefficient (Wildman–Crippen LogP) is 5.11. The molecule has 1 aliphatic heterocycles. The molecule has 190 valence electrons. The zero-order valence-corrected chi connectivity index (χ0v) is 21.8. The number of carbonyl (C=O) groups excluding carboxylic acids is 1. The largest absolute Gasteiger partial charge is 0.438 e. The van der Waals surface area contributed by atoms with E-state index in [4.69, 9.17) is 4.74 Å². The van der Waals surface area contributed by atoms with E-state index in [1.807, 2.05) is 61.5 Å². The SMILES string of the molecule is C[C@@H](c1ccc(-c2cccc(S(C)(=O)=O)n2)cc1)N1CCC(CC(C)(C)O)(c2ccccc2)OC1=O. The molecular formula is C28H32N2O5S. The smallest absolute Gasteiger partial charge is 0.411 e. The minimum absolute atomic E-state index is 0.0291. The topological polar surface area (TPSA) is 96.8 Å². The number of carbonyl (C=O) groups is 1. The molecule has 4 rings (SSSR count). The van der Waals surface area contributed by atoms with Gasteiger partial charge < -0.3 is 14.7 Å². The molecule has 0 spiro atoms. The standard InChI is InChI=1S/C28H32N2O5S/c1-20(21-13-15-22(16-14-21)24-11-8-12-25(29-24)36(4,33)34)30-18-17-28(35-26(30)31,19-27(2,3)32)23-9-6-5-7-10-23/h5-16,20,32H,17-19H2,1-4H3/t20-,28?/m0/s1. The van der Waals surface area contributed by atoms with Crippen molar-refractivity contribution >= 4 is 15.9 Å². The molecule has 3 aromatic rings. The summed E-state index contributed by atoms with van der Waals surface area (Å²) in [7, 11) is -3.40. The number of hydrogen-bond donors (Lipinski definition) is 1. The Morgan fingerprint density at radius 1 is 1.06 bits per heavy atom. The van der Waals surface area contributed by atoms with Crippen LogP contribution in [0.5, 0.6) is 0 Å². The lowest BCUT2D eigenvalue weighted by Gasteiger charge is -2.45. The highest BCUT2D eigenvalue weighted by Gasteiger charge is 2.46. The zero-order chi connectivity index (χ0) is 26.1. The first-order valence-electron chi connectivity index (χ1n) is 11.9. The first kappa shape index (κ1) is 25.9. The highest BCUT2D eigenvalue weighted by molar-refractivity contribution is 7.90. The molecule has 7 nitrogen and oxygen atoms in total. The maximum Gasteiger partial charge on any atom is 0.411 e.